The number of hydrogen-bond donors (Lipinski definition) is 1. The lowest BCUT2D eigenvalue weighted by Gasteiger charge is -2.25. The number of rotatable bonds is 4. The average Bonchev–Trinajstić information content (AvgIpc) is 2.82. The Balaban J connectivity index is 2.17. The molecular weight excluding hydrogens is 240 g/mol. The molecule has 0 saturated carbocycles. The van der Waals surface area contributed by atoms with E-state index in [0.717, 1.165) is 24.9 Å². The summed E-state index contributed by atoms with van der Waals surface area (Å²) in [6.07, 6.45) is 2.54. The molecule has 0 bridgehead atoms. The van der Waals surface area contributed by atoms with Gasteiger partial charge in [-0.2, -0.15) is 0 Å². The van der Waals surface area contributed by atoms with Crippen molar-refractivity contribution in [2.75, 3.05) is 17.2 Å². The Morgan fingerprint density at radius 1 is 1.47 bits per heavy atom. The maximum absolute atomic E-state index is 12.6. The number of carbonyl (C=O) groups is 1. The fraction of sp³-hybridized carbons (Fsp3) is 0.533. The van der Waals surface area contributed by atoms with Crippen LogP contribution in [-0.2, 0) is 9.53 Å². The first kappa shape index (κ1) is 13.9. The van der Waals surface area contributed by atoms with Crippen molar-refractivity contribution in [2.45, 2.75) is 45.3 Å². The normalized spacial score (nSPS) is 22.4. The van der Waals surface area contributed by atoms with E-state index in [1.165, 1.54) is 0 Å². The molecule has 4 heteroatoms. The van der Waals surface area contributed by atoms with Crippen LogP contribution in [0.1, 0.15) is 33.1 Å². The zero-order valence-electron chi connectivity index (χ0n) is 11.6. The molecule has 0 radical (unpaired) electrons. The van der Waals surface area contributed by atoms with Crippen LogP contribution in [0.4, 0.5) is 11.4 Å². The van der Waals surface area contributed by atoms with Crippen molar-refractivity contribution >= 4 is 17.3 Å². The van der Waals surface area contributed by atoms with Gasteiger partial charge < -0.3 is 15.4 Å². The molecule has 2 unspecified atom stereocenters. The van der Waals surface area contributed by atoms with Gasteiger partial charge in [-0.15, -0.1) is 0 Å². The number of amides is 1. The Bertz CT molecular complexity index is 448. The van der Waals surface area contributed by atoms with Crippen LogP contribution in [0.2, 0.25) is 0 Å². The summed E-state index contributed by atoms with van der Waals surface area (Å²) < 4.78 is 5.68. The predicted octanol–water partition coefficient (Wildman–Crippen LogP) is 2.58. The Hall–Kier alpha value is -1.55. The summed E-state index contributed by atoms with van der Waals surface area (Å²) in [7, 11) is 0. The minimum atomic E-state index is -0.303. The third-order valence-electron chi connectivity index (χ3n) is 3.40. The molecule has 2 rings (SSSR count). The Kier molecular flexibility index (Phi) is 4.43. The van der Waals surface area contributed by atoms with Gasteiger partial charge in [0.25, 0.3) is 5.91 Å². The first-order valence-electron chi connectivity index (χ1n) is 6.94. The molecule has 4 nitrogen and oxygen atoms in total. The molecule has 1 aliphatic rings. The quantitative estimate of drug-likeness (QED) is 0.848. The summed E-state index contributed by atoms with van der Waals surface area (Å²) in [5.41, 5.74) is 7.33. The molecule has 2 atom stereocenters. The molecule has 1 saturated heterocycles. The van der Waals surface area contributed by atoms with Crippen LogP contribution < -0.4 is 10.6 Å². The van der Waals surface area contributed by atoms with Crippen molar-refractivity contribution in [2.24, 2.45) is 0 Å². The molecule has 0 aromatic heterocycles. The highest BCUT2D eigenvalue weighted by atomic mass is 16.5. The van der Waals surface area contributed by atoms with Crippen LogP contribution in [-0.4, -0.2) is 24.7 Å². The van der Waals surface area contributed by atoms with Crippen LogP contribution in [0, 0.1) is 0 Å². The van der Waals surface area contributed by atoms with E-state index in [1.54, 1.807) is 4.90 Å². The summed E-state index contributed by atoms with van der Waals surface area (Å²) in [4.78, 5) is 14.3. The second kappa shape index (κ2) is 6.06. The summed E-state index contributed by atoms with van der Waals surface area (Å²) in [6, 6.07) is 7.46. The number of benzene rings is 1. The first-order valence-corrected chi connectivity index (χ1v) is 6.94. The lowest BCUT2D eigenvalue weighted by Crippen LogP contribution is -2.39. The van der Waals surface area contributed by atoms with E-state index in [-0.39, 0.29) is 18.1 Å². The minimum Gasteiger partial charge on any atom is -0.399 e. The van der Waals surface area contributed by atoms with Crippen LogP contribution in [0.5, 0.6) is 0 Å². The standard InChI is InChI=1S/C15H22N2O2/c1-3-9-17(13-6-4-5-12(16)10-13)15(18)14-8-7-11(2)19-14/h4-6,10-11,14H,3,7-9,16H2,1-2H3. The van der Waals surface area contributed by atoms with Crippen molar-refractivity contribution < 1.29 is 9.53 Å². The predicted molar refractivity (Wildman–Crippen MR) is 77.1 cm³/mol. The number of ether oxygens (including phenoxy) is 1. The Morgan fingerprint density at radius 2 is 2.26 bits per heavy atom. The molecule has 2 N–H and O–H groups in total. The van der Waals surface area contributed by atoms with E-state index < -0.39 is 0 Å². The molecule has 1 fully saturated rings. The van der Waals surface area contributed by atoms with Crippen LogP contribution in [0.3, 0.4) is 0 Å². The average molecular weight is 262 g/mol. The zero-order chi connectivity index (χ0) is 13.8. The number of nitrogen functional groups attached to an aromatic ring is 1. The van der Waals surface area contributed by atoms with E-state index in [2.05, 4.69) is 6.92 Å². The monoisotopic (exact) mass is 262 g/mol. The highest BCUT2D eigenvalue weighted by Crippen LogP contribution is 2.25. The third-order valence-corrected chi connectivity index (χ3v) is 3.40. The van der Waals surface area contributed by atoms with Gasteiger partial charge in [-0.25, -0.2) is 0 Å². The van der Waals surface area contributed by atoms with Gasteiger partial charge in [0.05, 0.1) is 6.10 Å². The van der Waals surface area contributed by atoms with E-state index in [9.17, 15) is 4.79 Å². The summed E-state index contributed by atoms with van der Waals surface area (Å²) in [5, 5.41) is 0. The number of carbonyl (C=O) groups excluding carboxylic acids is 1. The van der Waals surface area contributed by atoms with Gasteiger partial charge in [0.2, 0.25) is 0 Å². The van der Waals surface area contributed by atoms with Gasteiger partial charge in [-0.05, 0) is 44.4 Å². The van der Waals surface area contributed by atoms with Crippen LogP contribution in [0.15, 0.2) is 24.3 Å². The Morgan fingerprint density at radius 3 is 2.84 bits per heavy atom. The largest absolute Gasteiger partial charge is 0.399 e. The van der Waals surface area contributed by atoms with Gasteiger partial charge in [0.1, 0.15) is 6.10 Å². The first-order chi connectivity index (χ1) is 9.11. The van der Waals surface area contributed by atoms with Crippen molar-refractivity contribution in [3.63, 3.8) is 0 Å². The van der Waals surface area contributed by atoms with Gasteiger partial charge in [-0.3, -0.25) is 4.79 Å². The minimum absolute atomic E-state index is 0.0526. The fourth-order valence-electron chi connectivity index (χ4n) is 2.44. The number of nitrogens with two attached hydrogens (primary N) is 1. The highest BCUT2D eigenvalue weighted by Gasteiger charge is 2.31. The summed E-state index contributed by atoms with van der Waals surface area (Å²) in [6.45, 7) is 4.76. The van der Waals surface area contributed by atoms with Crippen molar-refractivity contribution in [3.8, 4) is 0 Å². The lowest BCUT2D eigenvalue weighted by atomic mass is 10.1. The fourth-order valence-corrected chi connectivity index (χ4v) is 2.44. The molecule has 104 valence electrons. The van der Waals surface area contributed by atoms with Gasteiger partial charge in [0, 0.05) is 17.9 Å². The van der Waals surface area contributed by atoms with Crippen molar-refractivity contribution in [1.29, 1.82) is 0 Å². The van der Waals surface area contributed by atoms with Crippen molar-refractivity contribution in [3.05, 3.63) is 24.3 Å². The number of nitrogens with zero attached hydrogens (tertiary/aromatic N) is 1. The molecular formula is C15H22N2O2. The third kappa shape index (κ3) is 3.26. The Labute approximate surface area is 114 Å². The molecule has 1 heterocycles. The lowest BCUT2D eigenvalue weighted by molar-refractivity contribution is -0.129. The molecule has 1 amide bonds. The maximum atomic E-state index is 12.6. The molecule has 0 aliphatic carbocycles. The number of hydrogen-bond acceptors (Lipinski definition) is 3. The van der Waals surface area contributed by atoms with Crippen molar-refractivity contribution in [1.82, 2.24) is 0 Å². The second-order valence-corrected chi connectivity index (χ2v) is 5.10. The smallest absolute Gasteiger partial charge is 0.256 e. The van der Waals surface area contributed by atoms with Gasteiger partial charge in [0.15, 0.2) is 0 Å². The molecule has 19 heavy (non-hydrogen) atoms. The second-order valence-electron chi connectivity index (χ2n) is 5.10. The molecule has 0 spiro atoms. The highest BCUT2D eigenvalue weighted by molar-refractivity contribution is 5.97. The van der Waals surface area contributed by atoms with E-state index in [4.69, 9.17) is 10.5 Å². The van der Waals surface area contributed by atoms with E-state index in [0.29, 0.717) is 12.2 Å². The SMILES string of the molecule is CCCN(C(=O)C1CCC(C)O1)c1cccc(N)c1. The maximum Gasteiger partial charge on any atom is 0.256 e. The van der Waals surface area contributed by atoms with Crippen LogP contribution >= 0.6 is 0 Å². The van der Waals surface area contributed by atoms with Crippen LogP contribution in [0.25, 0.3) is 0 Å². The molecule has 1 aromatic rings. The van der Waals surface area contributed by atoms with E-state index >= 15 is 0 Å². The zero-order valence-corrected chi connectivity index (χ0v) is 11.6. The molecule has 1 aliphatic heterocycles. The topological polar surface area (TPSA) is 55.6 Å². The summed E-state index contributed by atoms with van der Waals surface area (Å²) >= 11 is 0. The van der Waals surface area contributed by atoms with E-state index in [1.807, 2.05) is 31.2 Å². The number of anilines is 2. The summed E-state index contributed by atoms with van der Waals surface area (Å²) in [5.74, 6) is 0.0526. The molecule has 1 aromatic carbocycles. The van der Waals surface area contributed by atoms with Gasteiger partial charge in [-0.1, -0.05) is 13.0 Å². The van der Waals surface area contributed by atoms with Gasteiger partial charge >= 0.3 is 0 Å².